The van der Waals surface area contributed by atoms with E-state index in [0.717, 1.165) is 11.1 Å². The van der Waals surface area contributed by atoms with Crippen molar-refractivity contribution in [2.45, 2.75) is 31.6 Å². The Bertz CT molecular complexity index is 858. The van der Waals surface area contributed by atoms with Gasteiger partial charge in [-0.1, -0.05) is 42.5 Å². The molecule has 0 aliphatic carbocycles. The summed E-state index contributed by atoms with van der Waals surface area (Å²) in [4.78, 5) is 12.2. The Balaban J connectivity index is 1.50. The molecule has 0 spiro atoms. The van der Waals surface area contributed by atoms with Crippen molar-refractivity contribution < 1.29 is 17.6 Å². The van der Waals surface area contributed by atoms with Crippen molar-refractivity contribution in [3.63, 3.8) is 0 Å². The zero-order valence-electron chi connectivity index (χ0n) is 15.2. The number of nitrogens with zero attached hydrogens (tertiary/aromatic N) is 1. The van der Waals surface area contributed by atoms with Gasteiger partial charge in [-0.2, -0.15) is 0 Å². The fourth-order valence-electron chi connectivity index (χ4n) is 3.50. The minimum atomic E-state index is -3.58. The van der Waals surface area contributed by atoms with Gasteiger partial charge in [0.1, 0.15) is 17.4 Å². The van der Waals surface area contributed by atoms with E-state index >= 15 is 0 Å². The van der Waals surface area contributed by atoms with Crippen molar-refractivity contribution in [2.24, 2.45) is 0 Å². The van der Waals surface area contributed by atoms with Crippen molar-refractivity contribution in [1.29, 1.82) is 0 Å². The first kappa shape index (κ1) is 19.7. The van der Waals surface area contributed by atoms with Crippen molar-refractivity contribution in [2.75, 3.05) is 18.8 Å². The standard InChI is InChI=1S/C21H24FNO3S/c22-20-9-7-18(8-10-20)19-12-14-23(15-13-19)27(25,26)16-21(24)11-6-17-4-2-1-3-5-17/h1-5,7-10,19H,6,11-16H2. The maximum absolute atomic E-state index is 13.0. The van der Waals surface area contributed by atoms with Gasteiger partial charge < -0.3 is 0 Å². The average Bonchev–Trinajstić information content (AvgIpc) is 2.68. The SMILES string of the molecule is O=C(CCc1ccccc1)CS(=O)(=O)N1CCC(c2ccc(F)cc2)CC1. The Kier molecular flexibility index (Phi) is 6.39. The lowest BCUT2D eigenvalue weighted by Gasteiger charge is -2.31. The van der Waals surface area contributed by atoms with Crippen LogP contribution in [0.1, 0.15) is 36.3 Å². The van der Waals surface area contributed by atoms with Crippen LogP contribution in [0.2, 0.25) is 0 Å². The molecule has 0 radical (unpaired) electrons. The van der Waals surface area contributed by atoms with Gasteiger partial charge in [0.15, 0.2) is 0 Å². The summed E-state index contributed by atoms with van der Waals surface area (Å²) in [5.74, 6) is -0.723. The molecule has 0 bridgehead atoms. The highest BCUT2D eigenvalue weighted by Crippen LogP contribution is 2.29. The van der Waals surface area contributed by atoms with Gasteiger partial charge in [0, 0.05) is 19.5 Å². The molecule has 0 atom stereocenters. The largest absolute Gasteiger partial charge is 0.299 e. The molecule has 3 rings (SSSR count). The third-order valence-electron chi connectivity index (χ3n) is 5.07. The normalized spacial score (nSPS) is 16.3. The van der Waals surface area contributed by atoms with Gasteiger partial charge >= 0.3 is 0 Å². The Morgan fingerprint density at radius 1 is 1.00 bits per heavy atom. The van der Waals surface area contributed by atoms with Crippen LogP contribution in [0.4, 0.5) is 4.39 Å². The maximum Gasteiger partial charge on any atom is 0.221 e. The Hall–Kier alpha value is -2.05. The van der Waals surface area contributed by atoms with E-state index in [1.807, 2.05) is 30.3 Å². The van der Waals surface area contributed by atoms with E-state index in [-0.39, 0.29) is 23.9 Å². The summed E-state index contributed by atoms with van der Waals surface area (Å²) >= 11 is 0. The molecular formula is C21H24FNO3S. The topological polar surface area (TPSA) is 54.5 Å². The minimum Gasteiger partial charge on any atom is -0.299 e. The van der Waals surface area contributed by atoms with Crippen LogP contribution in [-0.4, -0.2) is 37.3 Å². The summed E-state index contributed by atoms with van der Waals surface area (Å²) in [6, 6.07) is 16.0. The number of carbonyl (C=O) groups is 1. The van der Waals surface area contributed by atoms with E-state index < -0.39 is 15.8 Å². The molecule has 1 heterocycles. The van der Waals surface area contributed by atoms with Crippen LogP contribution < -0.4 is 0 Å². The van der Waals surface area contributed by atoms with Crippen LogP contribution in [0.5, 0.6) is 0 Å². The summed E-state index contributed by atoms with van der Waals surface area (Å²) < 4.78 is 39.6. The lowest BCUT2D eigenvalue weighted by molar-refractivity contribution is -0.116. The zero-order valence-corrected chi connectivity index (χ0v) is 16.0. The summed E-state index contributed by atoms with van der Waals surface area (Å²) in [7, 11) is -3.58. The van der Waals surface area contributed by atoms with Crippen molar-refractivity contribution in [1.82, 2.24) is 4.31 Å². The molecule has 1 saturated heterocycles. The first-order valence-corrected chi connectivity index (χ1v) is 10.8. The molecule has 0 unspecified atom stereocenters. The number of carbonyl (C=O) groups excluding carboxylic acids is 1. The van der Waals surface area contributed by atoms with Gasteiger partial charge in [-0.15, -0.1) is 0 Å². The van der Waals surface area contributed by atoms with Crippen LogP contribution in [-0.2, 0) is 21.2 Å². The first-order valence-electron chi connectivity index (χ1n) is 9.23. The molecule has 2 aromatic carbocycles. The molecular weight excluding hydrogens is 365 g/mol. The molecule has 0 aromatic heterocycles. The number of hydrogen-bond acceptors (Lipinski definition) is 3. The van der Waals surface area contributed by atoms with Crippen LogP contribution in [0.15, 0.2) is 54.6 Å². The van der Waals surface area contributed by atoms with Gasteiger partial charge in [-0.3, -0.25) is 4.79 Å². The second kappa shape index (κ2) is 8.76. The number of piperidine rings is 1. The van der Waals surface area contributed by atoms with Crippen molar-refractivity contribution in [3.8, 4) is 0 Å². The Labute approximate surface area is 160 Å². The fourth-order valence-corrected chi connectivity index (χ4v) is 5.00. The number of rotatable bonds is 7. The average molecular weight is 389 g/mol. The number of aryl methyl sites for hydroxylation is 1. The smallest absolute Gasteiger partial charge is 0.221 e. The maximum atomic E-state index is 13.0. The molecule has 1 aliphatic rings. The van der Waals surface area contributed by atoms with Gasteiger partial charge in [0.2, 0.25) is 10.0 Å². The van der Waals surface area contributed by atoms with E-state index in [0.29, 0.717) is 32.4 Å². The molecule has 0 saturated carbocycles. The molecule has 1 fully saturated rings. The lowest BCUT2D eigenvalue weighted by Crippen LogP contribution is -2.40. The minimum absolute atomic E-state index is 0.228. The molecule has 6 heteroatoms. The number of sulfonamides is 1. The van der Waals surface area contributed by atoms with E-state index in [9.17, 15) is 17.6 Å². The molecule has 4 nitrogen and oxygen atoms in total. The molecule has 2 aromatic rings. The third-order valence-corrected chi connectivity index (χ3v) is 6.91. The highest BCUT2D eigenvalue weighted by atomic mass is 32.2. The Morgan fingerprint density at radius 3 is 2.26 bits per heavy atom. The number of ketones is 1. The predicted molar refractivity (Wildman–Crippen MR) is 104 cm³/mol. The van der Waals surface area contributed by atoms with Gasteiger partial charge in [0.25, 0.3) is 0 Å². The second-order valence-corrected chi connectivity index (χ2v) is 8.97. The van der Waals surface area contributed by atoms with E-state index in [1.54, 1.807) is 12.1 Å². The van der Waals surface area contributed by atoms with Crippen molar-refractivity contribution >= 4 is 15.8 Å². The zero-order chi connectivity index (χ0) is 19.3. The monoisotopic (exact) mass is 389 g/mol. The fraction of sp³-hybridized carbons (Fsp3) is 0.381. The predicted octanol–water partition coefficient (Wildman–Crippen LogP) is 3.54. The molecule has 0 amide bonds. The van der Waals surface area contributed by atoms with Crippen LogP contribution in [0.25, 0.3) is 0 Å². The summed E-state index contributed by atoms with van der Waals surface area (Å²) in [5.41, 5.74) is 2.07. The molecule has 144 valence electrons. The number of benzene rings is 2. The van der Waals surface area contributed by atoms with Crippen LogP contribution in [0.3, 0.4) is 0 Å². The summed E-state index contributed by atoms with van der Waals surface area (Å²) in [5, 5.41) is 0. The molecule has 0 N–H and O–H groups in total. The first-order chi connectivity index (χ1) is 12.9. The van der Waals surface area contributed by atoms with E-state index in [4.69, 9.17) is 0 Å². The van der Waals surface area contributed by atoms with E-state index in [2.05, 4.69) is 0 Å². The van der Waals surface area contributed by atoms with E-state index in [1.165, 1.54) is 16.4 Å². The van der Waals surface area contributed by atoms with Gasteiger partial charge in [-0.05, 0) is 48.4 Å². The molecule has 27 heavy (non-hydrogen) atoms. The highest BCUT2D eigenvalue weighted by molar-refractivity contribution is 7.89. The van der Waals surface area contributed by atoms with Crippen molar-refractivity contribution in [3.05, 3.63) is 71.5 Å². The quantitative estimate of drug-likeness (QED) is 0.728. The number of halogens is 1. The lowest BCUT2D eigenvalue weighted by atomic mass is 9.90. The number of hydrogen-bond donors (Lipinski definition) is 0. The summed E-state index contributed by atoms with van der Waals surface area (Å²) in [6.07, 6.45) is 2.16. The van der Waals surface area contributed by atoms with Crippen LogP contribution >= 0.6 is 0 Å². The molecule has 1 aliphatic heterocycles. The highest BCUT2D eigenvalue weighted by Gasteiger charge is 2.30. The second-order valence-electron chi connectivity index (χ2n) is 7.01. The Morgan fingerprint density at radius 2 is 1.63 bits per heavy atom. The van der Waals surface area contributed by atoms with Gasteiger partial charge in [-0.25, -0.2) is 17.1 Å². The number of Topliss-reactive ketones (excluding diaryl/α,β-unsaturated/α-hetero) is 1. The third kappa shape index (κ3) is 5.47. The summed E-state index contributed by atoms with van der Waals surface area (Å²) in [6.45, 7) is 0.798. The van der Waals surface area contributed by atoms with Crippen LogP contribution in [0, 0.1) is 5.82 Å². The van der Waals surface area contributed by atoms with Gasteiger partial charge in [0.05, 0.1) is 0 Å².